The molecule has 28 heavy (non-hydrogen) atoms. The number of rotatable bonds is 5. The molecule has 0 radical (unpaired) electrons. The molecule has 1 N–H and O–H groups in total. The highest BCUT2D eigenvalue weighted by Gasteiger charge is 2.13. The second-order valence-corrected chi connectivity index (χ2v) is 6.80. The first-order valence-electron chi connectivity index (χ1n) is 8.38. The predicted octanol–water partition coefficient (Wildman–Crippen LogP) is 5.31. The summed E-state index contributed by atoms with van der Waals surface area (Å²) in [6, 6.07) is 15.2. The van der Waals surface area contributed by atoms with Crippen molar-refractivity contribution in [2.45, 2.75) is 13.5 Å². The van der Waals surface area contributed by atoms with Gasteiger partial charge >= 0.3 is 5.97 Å². The van der Waals surface area contributed by atoms with Crippen molar-refractivity contribution < 1.29 is 14.3 Å². The number of amides is 1. The van der Waals surface area contributed by atoms with Gasteiger partial charge in [0.1, 0.15) is 11.8 Å². The van der Waals surface area contributed by atoms with E-state index in [9.17, 15) is 9.59 Å². The molecule has 3 rings (SSSR count). The normalized spacial score (nSPS) is 10.4. The number of halogens is 2. The van der Waals surface area contributed by atoms with E-state index in [0.29, 0.717) is 16.3 Å². The van der Waals surface area contributed by atoms with E-state index in [-0.39, 0.29) is 23.2 Å². The zero-order valence-corrected chi connectivity index (χ0v) is 16.4. The lowest BCUT2D eigenvalue weighted by molar-refractivity contribution is 0.0472. The number of aryl methyl sites for hydroxylation is 1. The molecular formula is C21H16Cl2N2O3. The predicted molar refractivity (Wildman–Crippen MR) is 109 cm³/mol. The number of aromatic nitrogens is 1. The van der Waals surface area contributed by atoms with Gasteiger partial charge in [0.25, 0.3) is 5.91 Å². The van der Waals surface area contributed by atoms with Crippen LogP contribution in [0.1, 0.15) is 31.8 Å². The number of hydrogen-bond donors (Lipinski definition) is 1. The Morgan fingerprint density at radius 2 is 1.82 bits per heavy atom. The molecule has 0 fully saturated rings. The number of hydrogen-bond acceptors (Lipinski definition) is 4. The monoisotopic (exact) mass is 414 g/mol. The number of benzene rings is 2. The van der Waals surface area contributed by atoms with E-state index in [4.69, 9.17) is 27.9 Å². The highest BCUT2D eigenvalue weighted by Crippen LogP contribution is 2.20. The van der Waals surface area contributed by atoms with Crippen LogP contribution in [0.15, 0.2) is 60.8 Å². The van der Waals surface area contributed by atoms with E-state index in [1.165, 1.54) is 6.20 Å². The Kier molecular flexibility index (Phi) is 6.29. The molecule has 0 saturated heterocycles. The minimum atomic E-state index is -0.557. The molecule has 0 unspecified atom stereocenters. The van der Waals surface area contributed by atoms with Crippen molar-refractivity contribution in [3.8, 4) is 0 Å². The Morgan fingerprint density at radius 1 is 1.07 bits per heavy atom. The van der Waals surface area contributed by atoms with Crippen LogP contribution in [-0.4, -0.2) is 16.9 Å². The number of ether oxygens (including phenoxy) is 1. The van der Waals surface area contributed by atoms with E-state index >= 15 is 0 Å². The third-order valence-corrected chi connectivity index (χ3v) is 4.71. The summed E-state index contributed by atoms with van der Waals surface area (Å²) in [6.07, 6.45) is 1.49. The van der Waals surface area contributed by atoms with Gasteiger partial charge in [-0.2, -0.15) is 0 Å². The van der Waals surface area contributed by atoms with E-state index in [0.717, 1.165) is 11.1 Å². The zero-order valence-electron chi connectivity index (χ0n) is 14.9. The van der Waals surface area contributed by atoms with Crippen molar-refractivity contribution in [3.05, 3.63) is 93.2 Å². The Bertz CT molecular complexity index is 1020. The van der Waals surface area contributed by atoms with Gasteiger partial charge in [-0.25, -0.2) is 9.78 Å². The fourth-order valence-corrected chi connectivity index (χ4v) is 2.76. The van der Waals surface area contributed by atoms with Gasteiger partial charge < -0.3 is 10.1 Å². The second-order valence-electron chi connectivity index (χ2n) is 6.03. The number of anilines is 1. The lowest BCUT2D eigenvalue weighted by Crippen LogP contribution is -2.12. The summed E-state index contributed by atoms with van der Waals surface area (Å²) < 4.78 is 5.24. The van der Waals surface area contributed by atoms with Crippen LogP contribution >= 0.6 is 23.2 Å². The van der Waals surface area contributed by atoms with Gasteiger partial charge in [-0.1, -0.05) is 35.3 Å². The Labute approximate surface area is 172 Å². The van der Waals surface area contributed by atoms with Crippen LogP contribution in [0, 0.1) is 6.92 Å². The van der Waals surface area contributed by atoms with Crippen molar-refractivity contribution in [3.63, 3.8) is 0 Å². The highest BCUT2D eigenvalue weighted by atomic mass is 35.5. The Balaban J connectivity index is 1.60. The van der Waals surface area contributed by atoms with Crippen molar-refractivity contribution in [2.24, 2.45) is 0 Å². The summed E-state index contributed by atoms with van der Waals surface area (Å²) in [5, 5.41) is 3.56. The molecule has 2 aromatic carbocycles. The average molecular weight is 415 g/mol. The lowest BCUT2D eigenvalue weighted by atomic mass is 10.1. The van der Waals surface area contributed by atoms with E-state index in [1.807, 2.05) is 6.92 Å². The summed E-state index contributed by atoms with van der Waals surface area (Å²) >= 11 is 11.9. The molecule has 0 saturated carbocycles. The van der Waals surface area contributed by atoms with Crippen LogP contribution in [0.3, 0.4) is 0 Å². The average Bonchev–Trinajstić information content (AvgIpc) is 2.69. The minimum absolute atomic E-state index is 0.0579. The van der Waals surface area contributed by atoms with Crippen LogP contribution in [0.2, 0.25) is 10.2 Å². The van der Waals surface area contributed by atoms with Gasteiger partial charge in [0, 0.05) is 22.5 Å². The van der Waals surface area contributed by atoms with Crippen molar-refractivity contribution in [1.29, 1.82) is 0 Å². The second kappa shape index (κ2) is 8.87. The quantitative estimate of drug-likeness (QED) is 0.453. The summed E-state index contributed by atoms with van der Waals surface area (Å²) in [6.45, 7) is 1.93. The molecule has 1 amide bonds. The lowest BCUT2D eigenvalue weighted by Gasteiger charge is -2.09. The maximum absolute atomic E-state index is 12.4. The molecule has 0 spiro atoms. The minimum Gasteiger partial charge on any atom is -0.457 e. The zero-order chi connectivity index (χ0) is 20.1. The molecule has 0 atom stereocenters. The molecule has 1 heterocycles. The van der Waals surface area contributed by atoms with Crippen molar-refractivity contribution in [2.75, 3.05) is 5.32 Å². The number of esters is 1. The van der Waals surface area contributed by atoms with Crippen LogP contribution in [-0.2, 0) is 11.3 Å². The fraction of sp³-hybridized carbons (Fsp3) is 0.0952. The molecule has 0 aliphatic rings. The van der Waals surface area contributed by atoms with Gasteiger partial charge in [-0.15, -0.1) is 0 Å². The molecule has 142 valence electrons. The fourth-order valence-electron chi connectivity index (χ4n) is 2.44. The number of nitrogens with one attached hydrogen (secondary N) is 1. The van der Waals surface area contributed by atoms with Gasteiger partial charge in [0.2, 0.25) is 0 Å². The van der Waals surface area contributed by atoms with Gasteiger partial charge in [0.05, 0.1) is 5.56 Å². The van der Waals surface area contributed by atoms with E-state index < -0.39 is 5.97 Å². The van der Waals surface area contributed by atoms with Gasteiger partial charge in [-0.3, -0.25) is 4.79 Å². The van der Waals surface area contributed by atoms with Crippen molar-refractivity contribution in [1.82, 2.24) is 4.98 Å². The highest BCUT2D eigenvalue weighted by molar-refractivity contribution is 6.32. The summed E-state index contributed by atoms with van der Waals surface area (Å²) in [5.74, 6) is -0.801. The molecule has 0 aliphatic carbocycles. The Hall–Kier alpha value is -2.89. The third kappa shape index (κ3) is 4.88. The molecule has 0 bridgehead atoms. The maximum atomic E-state index is 12.4. The number of carbonyl (C=O) groups is 2. The van der Waals surface area contributed by atoms with Gasteiger partial charge in [-0.05, 0) is 60.5 Å². The molecule has 7 heteroatoms. The molecule has 5 nitrogen and oxygen atoms in total. The molecule has 0 aliphatic heterocycles. The van der Waals surface area contributed by atoms with Crippen LogP contribution in [0.25, 0.3) is 0 Å². The third-order valence-electron chi connectivity index (χ3n) is 3.98. The number of carbonyl (C=O) groups excluding carboxylic acids is 2. The number of pyridine rings is 1. The first kappa shape index (κ1) is 19.9. The molecule has 1 aromatic heterocycles. The van der Waals surface area contributed by atoms with Crippen LogP contribution < -0.4 is 5.32 Å². The first-order valence-corrected chi connectivity index (χ1v) is 9.14. The van der Waals surface area contributed by atoms with Crippen LogP contribution in [0.5, 0.6) is 0 Å². The summed E-state index contributed by atoms with van der Waals surface area (Å²) in [5.41, 5.74) is 2.98. The maximum Gasteiger partial charge on any atom is 0.341 e. The van der Waals surface area contributed by atoms with Crippen molar-refractivity contribution >= 4 is 40.8 Å². The van der Waals surface area contributed by atoms with E-state index in [2.05, 4.69) is 10.3 Å². The summed E-state index contributed by atoms with van der Waals surface area (Å²) in [7, 11) is 0. The Morgan fingerprint density at radius 3 is 2.50 bits per heavy atom. The number of nitrogens with zero attached hydrogens (tertiary/aromatic N) is 1. The largest absolute Gasteiger partial charge is 0.457 e. The van der Waals surface area contributed by atoms with E-state index in [1.54, 1.807) is 54.6 Å². The van der Waals surface area contributed by atoms with Crippen LogP contribution in [0.4, 0.5) is 5.69 Å². The van der Waals surface area contributed by atoms with Gasteiger partial charge in [0.15, 0.2) is 0 Å². The smallest absolute Gasteiger partial charge is 0.341 e. The molecular weight excluding hydrogens is 399 g/mol. The summed E-state index contributed by atoms with van der Waals surface area (Å²) in [4.78, 5) is 28.3. The standard InChI is InChI=1S/C21H16Cl2N2O3/c1-13-11-16(8-9-18(13)22)25-20(26)15-6-4-14(5-7-15)12-28-21(27)17-3-2-10-24-19(17)23/h2-11H,12H2,1H3,(H,25,26). The topological polar surface area (TPSA) is 68.3 Å². The SMILES string of the molecule is Cc1cc(NC(=O)c2ccc(COC(=O)c3cccnc3Cl)cc2)ccc1Cl. The first-order chi connectivity index (χ1) is 13.4. The molecule has 3 aromatic rings.